The van der Waals surface area contributed by atoms with E-state index in [-0.39, 0.29) is 10.3 Å². The summed E-state index contributed by atoms with van der Waals surface area (Å²) in [7, 11) is 0. The average molecular weight is 266 g/mol. The Bertz CT molecular complexity index is 170. The second-order valence-electron chi connectivity index (χ2n) is 3.04. The van der Waals surface area contributed by atoms with Crippen LogP contribution in [0.5, 0.6) is 0 Å². The SMILES string of the molecule is CCCCOC(N)=S.CCCCOC(N)=S. The van der Waals surface area contributed by atoms with Gasteiger partial charge in [0.2, 0.25) is 0 Å². The highest BCUT2D eigenvalue weighted by Crippen LogP contribution is 1.86. The van der Waals surface area contributed by atoms with Crippen LogP contribution in [0.25, 0.3) is 0 Å². The normalized spacial score (nSPS) is 8.62. The van der Waals surface area contributed by atoms with E-state index in [2.05, 4.69) is 38.3 Å². The smallest absolute Gasteiger partial charge is 0.253 e. The molecule has 6 heteroatoms. The summed E-state index contributed by atoms with van der Waals surface area (Å²) in [6.45, 7) is 5.49. The predicted octanol–water partition coefficient (Wildman–Crippen LogP) is 2.09. The summed E-state index contributed by atoms with van der Waals surface area (Å²) in [6, 6.07) is 0. The van der Waals surface area contributed by atoms with Crippen molar-refractivity contribution in [3.05, 3.63) is 0 Å². The molecule has 0 radical (unpaired) electrons. The highest BCUT2D eigenvalue weighted by atomic mass is 32.1. The van der Waals surface area contributed by atoms with Crippen LogP contribution in [0, 0.1) is 0 Å². The molecule has 4 N–H and O–H groups in total. The summed E-state index contributed by atoms with van der Waals surface area (Å²) in [5, 5.41) is 0.303. The van der Waals surface area contributed by atoms with Gasteiger partial charge in [-0.15, -0.1) is 0 Å². The standard InChI is InChI=1S/2C5H11NOS/c2*1-2-3-4-7-5(6)8/h2*2-4H2,1H3,(H2,6,8). The third-order valence-electron chi connectivity index (χ3n) is 1.48. The molecule has 0 atom stereocenters. The Morgan fingerprint density at radius 2 is 1.19 bits per heavy atom. The zero-order chi connectivity index (χ0) is 12.8. The molecule has 0 amide bonds. The summed E-state index contributed by atoms with van der Waals surface area (Å²) in [5.74, 6) is 0. The number of hydrogen-bond acceptors (Lipinski definition) is 4. The monoisotopic (exact) mass is 266 g/mol. The first-order valence-corrected chi connectivity index (χ1v) is 6.20. The van der Waals surface area contributed by atoms with Crippen molar-refractivity contribution in [2.24, 2.45) is 11.5 Å². The molecule has 0 unspecified atom stereocenters. The van der Waals surface area contributed by atoms with E-state index in [0.717, 1.165) is 25.7 Å². The lowest BCUT2D eigenvalue weighted by atomic mass is 10.4. The van der Waals surface area contributed by atoms with Gasteiger partial charge >= 0.3 is 0 Å². The quantitative estimate of drug-likeness (QED) is 0.567. The maximum absolute atomic E-state index is 5.04. The van der Waals surface area contributed by atoms with E-state index < -0.39 is 0 Å². The first-order chi connectivity index (χ1) is 7.54. The van der Waals surface area contributed by atoms with E-state index in [1.54, 1.807) is 0 Å². The Balaban J connectivity index is 0. The maximum Gasteiger partial charge on any atom is 0.253 e. The van der Waals surface area contributed by atoms with Crippen molar-refractivity contribution in [3.63, 3.8) is 0 Å². The molecule has 0 aromatic carbocycles. The first-order valence-electron chi connectivity index (χ1n) is 5.39. The van der Waals surface area contributed by atoms with E-state index in [0.29, 0.717) is 13.2 Å². The van der Waals surface area contributed by atoms with Gasteiger partial charge in [0, 0.05) is 0 Å². The number of thiocarbonyl (C=S) groups is 2. The van der Waals surface area contributed by atoms with Crippen molar-refractivity contribution >= 4 is 34.8 Å². The van der Waals surface area contributed by atoms with Gasteiger partial charge < -0.3 is 20.9 Å². The van der Waals surface area contributed by atoms with Gasteiger partial charge in [0.1, 0.15) is 0 Å². The van der Waals surface area contributed by atoms with Crippen LogP contribution in [-0.4, -0.2) is 23.6 Å². The minimum absolute atomic E-state index is 0.151. The van der Waals surface area contributed by atoms with E-state index in [9.17, 15) is 0 Å². The summed E-state index contributed by atoms with van der Waals surface area (Å²) >= 11 is 8.93. The van der Waals surface area contributed by atoms with Crippen molar-refractivity contribution in [2.45, 2.75) is 39.5 Å². The molecule has 4 nitrogen and oxygen atoms in total. The van der Waals surface area contributed by atoms with Crippen LogP contribution in [0.15, 0.2) is 0 Å². The van der Waals surface area contributed by atoms with Crippen molar-refractivity contribution in [1.82, 2.24) is 0 Å². The van der Waals surface area contributed by atoms with Crippen LogP contribution in [0.3, 0.4) is 0 Å². The number of nitrogens with two attached hydrogens (primary N) is 2. The summed E-state index contributed by atoms with van der Waals surface area (Å²) in [5.41, 5.74) is 10.1. The molecule has 0 aromatic heterocycles. The van der Waals surface area contributed by atoms with Crippen molar-refractivity contribution in [2.75, 3.05) is 13.2 Å². The Morgan fingerprint density at radius 1 is 0.875 bits per heavy atom. The molecule has 0 bridgehead atoms. The third-order valence-corrected chi connectivity index (χ3v) is 1.72. The van der Waals surface area contributed by atoms with Crippen LogP contribution in [0.4, 0.5) is 0 Å². The third kappa shape index (κ3) is 23.3. The highest BCUT2D eigenvalue weighted by molar-refractivity contribution is 7.80. The molecule has 16 heavy (non-hydrogen) atoms. The lowest BCUT2D eigenvalue weighted by molar-refractivity contribution is 0.300. The topological polar surface area (TPSA) is 70.5 Å². The molecule has 0 heterocycles. The number of rotatable bonds is 6. The van der Waals surface area contributed by atoms with E-state index in [4.69, 9.17) is 20.9 Å². The van der Waals surface area contributed by atoms with Crippen LogP contribution in [0.2, 0.25) is 0 Å². The van der Waals surface area contributed by atoms with Gasteiger partial charge in [-0.3, -0.25) is 0 Å². The summed E-state index contributed by atoms with van der Waals surface area (Å²) < 4.78 is 9.58. The number of unbranched alkanes of at least 4 members (excludes halogenated alkanes) is 2. The molecular weight excluding hydrogens is 244 g/mol. The van der Waals surface area contributed by atoms with Gasteiger partial charge in [-0.1, -0.05) is 26.7 Å². The van der Waals surface area contributed by atoms with Gasteiger partial charge in [0.25, 0.3) is 10.3 Å². The largest absolute Gasteiger partial charge is 0.471 e. The minimum Gasteiger partial charge on any atom is -0.471 e. The van der Waals surface area contributed by atoms with Crippen LogP contribution < -0.4 is 11.5 Å². The van der Waals surface area contributed by atoms with Crippen LogP contribution >= 0.6 is 24.4 Å². The molecule has 0 aromatic rings. The Hall–Kier alpha value is -0.620. The zero-order valence-electron chi connectivity index (χ0n) is 10.0. The second kappa shape index (κ2) is 14.4. The molecule has 96 valence electrons. The summed E-state index contributed by atoms with van der Waals surface area (Å²) in [6.07, 6.45) is 4.28. The Morgan fingerprint density at radius 3 is 1.38 bits per heavy atom. The zero-order valence-corrected chi connectivity index (χ0v) is 11.7. The van der Waals surface area contributed by atoms with Gasteiger partial charge in [-0.05, 0) is 37.3 Å². The lowest BCUT2D eigenvalue weighted by Crippen LogP contribution is -2.12. The fourth-order valence-electron chi connectivity index (χ4n) is 0.634. The predicted molar refractivity (Wildman–Crippen MR) is 75.3 cm³/mol. The molecule has 0 saturated heterocycles. The molecule has 0 saturated carbocycles. The number of hydrogen-bond donors (Lipinski definition) is 2. The van der Waals surface area contributed by atoms with Gasteiger partial charge in [0.05, 0.1) is 13.2 Å². The van der Waals surface area contributed by atoms with Crippen LogP contribution in [-0.2, 0) is 9.47 Å². The molecule has 0 rings (SSSR count). The molecule has 0 fully saturated rings. The van der Waals surface area contributed by atoms with Crippen molar-refractivity contribution in [3.8, 4) is 0 Å². The highest BCUT2D eigenvalue weighted by Gasteiger charge is 1.85. The number of ether oxygens (including phenoxy) is 2. The maximum atomic E-state index is 5.04. The molecule has 0 aliphatic carbocycles. The van der Waals surface area contributed by atoms with Gasteiger partial charge in [0.15, 0.2) is 0 Å². The van der Waals surface area contributed by atoms with E-state index in [1.165, 1.54) is 0 Å². The molecule has 0 aliphatic heterocycles. The average Bonchev–Trinajstić information content (AvgIpc) is 2.18. The Labute approximate surface area is 109 Å². The molecule has 0 spiro atoms. The molecular formula is C10H22N2O2S2. The van der Waals surface area contributed by atoms with Crippen molar-refractivity contribution < 1.29 is 9.47 Å². The minimum atomic E-state index is 0.151. The Kier molecular flexibility index (Phi) is 16.0. The fourth-order valence-corrected chi connectivity index (χ4v) is 0.801. The summed E-state index contributed by atoms with van der Waals surface area (Å²) in [4.78, 5) is 0. The van der Waals surface area contributed by atoms with Gasteiger partial charge in [-0.25, -0.2) is 0 Å². The van der Waals surface area contributed by atoms with E-state index in [1.807, 2.05) is 0 Å². The first kappa shape index (κ1) is 17.8. The fraction of sp³-hybridized carbons (Fsp3) is 0.800. The van der Waals surface area contributed by atoms with Gasteiger partial charge in [-0.2, -0.15) is 0 Å². The van der Waals surface area contributed by atoms with Crippen molar-refractivity contribution in [1.29, 1.82) is 0 Å². The lowest BCUT2D eigenvalue weighted by Gasteiger charge is -1.98. The second-order valence-corrected chi connectivity index (χ2v) is 3.85. The van der Waals surface area contributed by atoms with Crippen LogP contribution in [0.1, 0.15) is 39.5 Å². The van der Waals surface area contributed by atoms with E-state index >= 15 is 0 Å². The molecule has 0 aliphatic rings.